The Morgan fingerprint density at radius 1 is 1.10 bits per heavy atom. The number of nitrogens with one attached hydrogen (secondary N) is 1. The second-order valence-corrected chi connectivity index (χ2v) is 5.97. The zero-order valence-electron chi connectivity index (χ0n) is 15.9. The van der Waals surface area contributed by atoms with Gasteiger partial charge in [-0.3, -0.25) is 19.0 Å². The Kier molecular flexibility index (Phi) is 6.08. The first kappa shape index (κ1) is 19.9. The molecule has 1 N–H and O–H groups in total. The second-order valence-electron chi connectivity index (χ2n) is 5.97. The van der Waals surface area contributed by atoms with Crippen LogP contribution in [0.25, 0.3) is 10.9 Å². The van der Waals surface area contributed by atoms with Crippen molar-refractivity contribution in [1.29, 1.82) is 0 Å². The maximum atomic E-state index is 12.4. The lowest BCUT2D eigenvalue weighted by molar-refractivity contribution is -0.147. The number of ether oxygens (including phenoxy) is 3. The van der Waals surface area contributed by atoms with Gasteiger partial charge in [-0.15, -0.1) is 0 Å². The molecule has 2 aromatic carbocycles. The minimum Gasteiger partial charge on any atom is -0.497 e. The highest BCUT2D eigenvalue weighted by atomic mass is 16.5. The van der Waals surface area contributed by atoms with Crippen LogP contribution in [0.3, 0.4) is 0 Å². The number of carbonyl (C=O) groups is 2. The molecule has 1 heterocycles. The molecule has 0 aliphatic heterocycles. The van der Waals surface area contributed by atoms with E-state index in [1.54, 1.807) is 42.5 Å². The van der Waals surface area contributed by atoms with E-state index < -0.39 is 18.5 Å². The molecule has 29 heavy (non-hydrogen) atoms. The summed E-state index contributed by atoms with van der Waals surface area (Å²) < 4.78 is 16.4. The number of amides is 1. The third-order valence-electron chi connectivity index (χ3n) is 4.08. The van der Waals surface area contributed by atoms with E-state index in [9.17, 15) is 14.4 Å². The Bertz CT molecular complexity index is 1110. The molecular weight excluding hydrogens is 378 g/mol. The fourth-order valence-electron chi connectivity index (χ4n) is 2.65. The summed E-state index contributed by atoms with van der Waals surface area (Å²) in [6.45, 7) is -0.874. The summed E-state index contributed by atoms with van der Waals surface area (Å²) in [6, 6.07) is 11.7. The molecule has 9 heteroatoms. The van der Waals surface area contributed by atoms with Crippen molar-refractivity contribution < 1.29 is 23.8 Å². The molecule has 0 fully saturated rings. The van der Waals surface area contributed by atoms with Gasteiger partial charge in [-0.2, -0.15) is 0 Å². The molecule has 0 aliphatic rings. The minimum absolute atomic E-state index is 0.355. The predicted octanol–water partition coefficient (Wildman–Crippen LogP) is 1.60. The van der Waals surface area contributed by atoms with Crippen LogP contribution in [0.5, 0.6) is 11.5 Å². The summed E-state index contributed by atoms with van der Waals surface area (Å²) in [7, 11) is 2.96. The van der Waals surface area contributed by atoms with Crippen molar-refractivity contribution in [3.63, 3.8) is 0 Å². The van der Waals surface area contributed by atoms with Gasteiger partial charge in [-0.1, -0.05) is 12.1 Å². The molecule has 0 aliphatic carbocycles. The number of nitrogens with zero attached hydrogens (tertiary/aromatic N) is 2. The summed E-state index contributed by atoms with van der Waals surface area (Å²) in [4.78, 5) is 40.7. The molecule has 3 aromatic rings. The lowest BCUT2D eigenvalue weighted by Crippen LogP contribution is -2.28. The van der Waals surface area contributed by atoms with Gasteiger partial charge in [0.15, 0.2) is 6.61 Å². The molecule has 0 saturated carbocycles. The molecule has 0 radical (unpaired) electrons. The lowest BCUT2D eigenvalue weighted by Gasteiger charge is -2.12. The van der Waals surface area contributed by atoms with Gasteiger partial charge < -0.3 is 19.5 Å². The molecule has 150 valence electrons. The largest absolute Gasteiger partial charge is 0.497 e. The number of hydrogen-bond acceptors (Lipinski definition) is 7. The van der Waals surface area contributed by atoms with Gasteiger partial charge >= 0.3 is 5.97 Å². The van der Waals surface area contributed by atoms with Crippen LogP contribution in [-0.2, 0) is 20.9 Å². The Balaban J connectivity index is 1.60. The van der Waals surface area contributed by atoms with Crippen LogP contribution < -0.4 is 20.3 Å². The van der Waals surface area contributed by atoms with E-state index in [1.807, 2.05) is 0 Å². The van der Waals surface area contributed by atoms with Crippen LogP contribution in [0, 0.1) is 0 Å². The quantitative estimate of drug-likeness (QED) is 0.603. The van der Waals surface area contributed by atoms with E-state index in [0.29, 0.717) is 28.1 Å². The first-order chi connectivity index (χ1) is 14.0. The number of rotatable bonds is 7. The number of fused-ring (bicyclic) bond motifs is 1. The maximum absolute atomic E-state index is 12.4. The van der Waals surface area contributed by atoms with E-state index >= 15 is 0 Å². The summed E-state index contributed by atoms with van der Waals surface area (Å²) in [6.07, 6.45) is 1.27. The molecule has 9 nitrogen and oxygen atoms in total. The molecule has 0 atom stereocenters. The Morgan fingerprint density at radius 2 is 1.90 bits per heavy atom. The number of anilines is 1. The zero-order chi connectivity index (χ0) is 20.8. The molecule has 0 spiro atoms. The summed E-state index contributed by atoms with van der Waals surface area (Å²) in [5.74, 6) is -0.341. The minimum atomic E-state index is -0.739. The van der Waals surface area contributed by atoms with Crippen molar-refractivity contribution in [2.75, 3.05) is 26.1 Å². The molecule has 1 amide bonds. The lowest BCUT2D eigenvalue weighted by atomic mass is 10.2. The van der Waals surface area contributed by atoms with Gasteiger partial charge in [0.1, 0.15) is 18.0 Å². The van der Waals surface area contributed by atoms with Crippen LogP contribution in [0.1, 0.15) is 0 Å². The van der Waals surface area contributed by atoms with Crippen LogP contribution in [0.2, 0.25) is 0 Å². The number of carbonyl (C=O) groups excluding carboxylic acids is 2. The van der Waals surface area contributed by atoms with Crippen molar-refractivity contribution in [1.82, 2.24) is 9.55 Å². The van der Waals surface area contributed by atoms with Gasteiger partial charge in [-0.25, -0.2) is 4.98 Å². The van der Waals surface area contributed by atoms with E-state index in [0.717, 1.165) is 4.57 Å². The Morgan fingerprint density at radius 3 is 2.66 bits per heavy atom. The number of methoxy groups -OCH3 is 2. The van der Waals surface area contributed by atoms with Crippen molar-refractivity contribution in [2.24, 2.45) is 0 Å². The van der Waals surface area contributed by atoms with E-state index in [2.05, 4.69) is 10.3 Å². The summed E-state index contributed by atoms with van der Waals surface area (Å²) in [5, 5.41) is 2.98. The third-order valence-corrected chi connectivity index (χ3v) is 4.08. The van der Waals surface area contributed by atoms with Crippen molar-refractivity contribution in [2.45, 2.75) is 6.54 Å². The van der Waals surface area contributed by atoms with Gasteiger partial charge in [-0.05, 0) is 24.3 Å². The van der Waals surface area contributed by atoms with Crippen molar-refractivity contribution in [3.05, 3.63) is 59.1 Å². The van der Waals surface area contributed by atoms with Crippen molar-refractivity contribution in [3.8, 4) is 11.5 Å². The standard InChI is InChI=1S/C20H19N3O6/c1-27-13-7-8-17(28-2)16(9-13)22-18(24)11-29-19(25)10-23-12-21-15-6-4-3-5-14(15)20(23)26/h3-9,12H,10-11H2,1-2H3,(H,22,24). The highest BCUT2D eigenvalue weighted by molar-refractivity contribution is 5.94. The SMILES string of the molecule is COc1ccc(OC)c(NC(=O)COC(=O)Cn2cnc3ccccc3c2=O)c1. The second kappa shape index (κ2) is 8.87. The smallest absolute Gasteiger partial charge is 0.326 e. The first-order valence-electron chi connectivity index (χ1n) is 8.63. The number of hydrogen-bond donors (Lipinski definition) is 1. The average Bonchev–Trinajstić information content (AvgIpc) is 2.74. The highest BCUT2D eigenvalue weighted by Gasteiger charge is 2.13. The van der Waals surface area contributed by atoms with E-state index in [4.69, 9.17) is 14.2 Å². The van der Waals surface area contributed by atoms with Crippen LogP contribution >= 0.6 is 0 Å². The Labute approximate surface area is 165 Å². The van der Waals surface area contributed by atoms with Crippen LogP contribution in [0.15, 0.2) is 53.6 Å². The van der Waals surface area contributed by atoms with E-state index in [1.165, 1.54) is 20.5 Å². The number of para-hydroxylation sites is 1. The zero-order valence-corrected chi connectivity index (χ0v) is 15.9. The number of esters is 1. The maximum Gasteiger partial charge on any atom is 0.326 e. The molecule has 0 saturated heterocycles. The number of benzene rings is 2. The first-order valence-corrected chi connectivity index (χ1v) is 8.63. The topological polar surface area (TPSA) is 109 Å². The monoisotopic (exact) mass is 397 g/mol. The van der Waals surface area contributed by atoms with Crippen LogP contribution in [-0.4, -0.2) is 42.3 Å². The molecule has 3 rings (SSSR count). The summed E-state index contributed by atoms with van der Waals surface area (Å²) in [5.41, 5.74) is 0.551. The normalized spacial score (nSPS) is 10.4. The van der Waals surface area contributed by atoms with Crippen molar-refractivity contribution >= 4 is 28.5 Å². The average molecular weight is 397 g/mol. The van der Waals surface area contributed by atoms with E-state index in [-0.39, 0.29) is 12.1 Å². The fraction of sp³-hybridized carbons (Fsp3) is 0.200. The Hall–Kier alpha value is -3.88. The summed E-state index contributed by atoms with van der Waals surface area (Å²) >= 11 is 0. The van der Waals surface area contributed by atoms with Gasteiger partial charge in [0.2, 0.25) is 0 Å². The van der Waals surface area contributed by atoms with Gasteiger partial charge in [0.25, 0.3) is 11.5 Å². The highest BCUT2D eigenvalue weighted by Crippen LogP contribution is 2.28. The molecular formula is C20H19N3O6. The molecule has 1 aromatic heterocycles. The fourth-order valence-corrected chi connectivity index (χ4v) is 2.65. The van der Waals surface area contributed by atoms with Gasteiger partial charge in [0.05, 0.1) is 37.1 Å². The molecule has 0 unspecified atom stereocenters. The molecule has 0 bridgehead atoms. The van der Waals surface area contributed by atoms with Gasteiger partial charge in [0, 0.05) is 6.07 Å². The van der Waals surface area contributed by atoms with Crippen LogP contribution in [0.4, 0.5) is 5.69 Å². The number of aromatic nitrogens is 2. The predicted molar refractivity (Wildman–Crippen MR) is 105 cm³/mol. The third kappa shape index (κ3) is 4.70.